The summed E-state index contributed by atoms with van der Waals surface area (Å²) in [4.78, 5) is 13.1. The molecule has 2 N–H and O–H groups in total. The molecule has 146 valence electrons. The number of hydrogen-bond donors (Lipinski definition) is 2. The molecule has 0 bridgehead atoms. The van der Waals surface area contributed by atoms with Crippen molar-refractivity contribution in [1.82, 2.24) is 0 Å². The highest BCUT2D eigenvalue weighted by Crippen LogP contribution is 2.44. The highest BCUT2D eigenvalue weighted by atomic mass is 35.5. The van der Waals surface area contributed by atoms with E-state index in [-0.39, 0.29) is 0 Å². The zero-order valence-corrected chi connectivity index (χ0v) is 18.1. The van der Waals surface area contributed by atoms with Crippen molar-refractivity contribution in [1.29, 1.82) is 0 Å². The molecular formula is C21H26ClNO3S. The van der Waals surface area contributed by atoms with Gasteiger partial charge < -0.3 is 15.2 Å². The molecule has 1 atom stereocenters. The van der Waals surface area contributed by atoms with Gasteiger partial charge in [-0.05, 0) is 63.3 Å². The largest absolute Gasteiger partial charge is 0.479 e. The topological polar surface area (TPSA) is 58.6 Å². The number of rotatable bonds is 6. The molecule has 0 saturated heterocycles. The molecule has 0 radical (unpaired) electrons. The molecule has 0 fully saturated rings. The van der Waals surface area contributed by atoms with Gasteiger partial charge in [0.2, 0.25) is 0 Å². The third kappa shape index (κ3) is 4.98. The molecule has 6 heteroatoms. The first-order valence-electron chi connectivity index (χ1n) is 8.64. The fourth-order valence-electron chi connectivity index (χ4n) is 3.04. The van der Waals surface area contributed by atoms with Crippen molar-refractivity contribution in [2.45, 2.75) is 44.3 Å². The van der Waals surface area contributed by atoms with Gasteiger partial charge in [0, 0.05) is 33.8 Å². The second-order valence-corrected chi connectivity index (χ2v) is 8.52. The van der Waals surface area contributed by atoms with Gasteiger partial charge in [-0.15, -0.1) is 11.8 Å². The van der Waals surface area contributed by atoms with Gasteiger partial charge in [-0.2, -0.15) is 0 Å². The van der Waals surface area contributed by atoms with Crippen LogP contribution in [0.25, 0.3) is 11.1 Å². The normalized spacial score (nSPS) is 12.7. The maximum atomic E-state index is 12.2. The van der Waals surface area contributed by atoms with E-state index in [1.807, 2.05) is 71.3 Å². The lowest BCUT2D eigenvalue weighted by Crippen LogP contribution is -2.28. The summed E-state index contributed by atoms with van der Waals surface area (Å²) in [5, 5.41) is 13.8. The van der Waals surface area contributed by atoms with E-state index in [1.54, 1.807) is 11.8 Å². The molecule has 0 spiro atoms. The Labute approximate surface area is 170 Å². The lowest BCUT2D eigenvalue weighted by molar-refractivity contribution is -0.160. The standard InChI is InChI=1S/C21H26ClNO3S/c1-12-11-15(23-5)19(27-6)17(13-7-9-14(22)10-8-13)16(12)18(20(24)25)26-21(2,3)4/h7-11,18,23H,1-6H3,(H,24,25). The molecule has 0 aliphatic rings. The van der Waals surface area contributed by atoms with Crippen LogP contribution in [0.4, 0.5) is 5.69 Å². The van der Waals surface area contributed by atoms with Gasteiger partial charge in [-0.25, -0.2) is 4.79 Å². The summed E-state index contributed by atoms with van der Waals surface area (Å²) in [5.41, 5.74) is 3.65. The molecule has 2 rings (SSSR count). The molecule has 0 aliphatic carbocycles. The van der Waals surface area contributed by atoms with Gasteiger partial charge in [0.1, 0.15) is 0 Å². The minimum absolute atomic E-state index is 0.603. The SMILES string of the molecule is CNc1cc(C)c(C(OC(C)(C)C)C(=O)O)c(-c2ccc(Cl)cc2)c1SC. The van der Waals surface area contributed by atoms with Crippen LogP contribution in [0, 0.1) is 6.92 Å². The number of aliphatic carboxylic acids is 1. The van der Waals surface area contributed by atoms with Crippen molar-refractivity contribution < 1.29 is 14.6 Å². The monoisotopic (exact) mass is 407 g/mol. The number of carboxylic acid groups (broad SMARTS) is 1. The molecule has 0 aliphatic heterocycles. The minimum Gasteiger partial charge on any atom is -0.479 e. The highest BCUT2D eigenvalue weighted by molar-refractivity contribution is 7.98. The Hall–Kier alpha value is -1.69. The quantitative estimate of drug-likeness (QED) is 0.573. The first-order valence-corrected chi connectivity index (χ1v) is 10.2. The molecule has 2 aromatic carbocycles. The predicted octanol–water partition coefficient (Wildman–Crippen LogP) is 6.02. The molecule has 2 aromatic rings. The van der Waals surface area contributed by atoms with Crippen LogP contribution in [-0.2, 0) is 9.53 Å². The van der Waals surface area contributed by atoms with Crippen LogP contribution in [-0.4, -0.2) is 30.0 Å². The van der Waals surface area contributed by atoms with Crippen LogP contribution >= 0.6 is 23.4 Å². The van der Waals surface area contributed by atoms with Crippen LogP contribution in [0.15, 0.2) is 35.2 Å². The van der Waals surface area contributed by atoms with Crippen molar-refractivity contribution in [2.24, 2.45) is 0 Å². The van der Waals surface area contributed by atoms with E-state index in [1.165, 1.54) is 0 Å². The van der Waals surface area contributed by atoms with Crippen molar-refractivity contribution >= 4 is 35.0 Å². The average Bonchev–Trinajstić information content (AvgIpc) is 2.58. The van der Waals surface area contributed by atoms with Crippen LogP contribution in [0.1, 0.15) is 38.0 Å². The maximum absolute atomic E-state index is 12.2. The number of ether oxygens (including phenoxy) is 1. The van der Waals surface area contributed by atoms with E-state index < -0.39 is 17.7 Å². The van der Waals surface area contributed by atoms with E-state index >= 15 is 0 Å². The predicted molar refractivity (Wildman–Crippen MR) is 114 cm³/mol. The summed E-state index contributed by atoms with van der Waals surface area (Å²) in [7, 11) is 1.86. The van der Waals surface area contributed by atoms with Gasteiger partial charge >= 0.3 is 5.97 Å². The molecule has 0 aromatic heterocycles. The number of hydrogen-bond acceptors (Lipinski definition) is 4. The summed E-state index contributed by atoms with van der Waals surface area (Å²) >= 11 is 7.64. The molecule has 4 nitrogen and oxygen atoms in total. The first-order chi connectivity index (χ1) is 12.6. The van der Waals surface area contributed by atoms with E-state index in [0.717, 1.165) is 27.3 Å². The third-order valence-corrected chi connectivity index (χ3v) is 5.18. The minimum atomic E-state index is -1.08. The van der Waals surface area contributed by atoms with E-state index in [9.17, 15) is 9.90 Å². The van der Waals surface area contributed by atoms with E-state index in [4.69, 9.17) is 16.3 Å². The summed E-state index contributed by atoms with van der Waals surface area (Å²) in [6, 6.07) is 9.42. The second kappa shape index (κ2) is 8.55. The number of nitrogens with one attached hydrogen (secondary N) is 1. The van der Waals surface area contributed by atoms with Gasteiger partial charge in [0.05, 0.1) is 5.60 Å². The van der Waals surface area contributed by atoms with E-state index in [2.05, 4.69) is 5.32 Å². The molecule has 0 heterocycles. The zero-order chi connectivity index (χ0) is 20.4. The maximum Gasteiger partial charge on any atom is 0.337 e. The van der Waals surface area contributed by atoms with Crippen LogP contribution < -0.4 is 5.32 Å². The molecular weight excluding hydrogens is 382 g/mol. The van der Waals surface area contributed by atoms with Gasteiger partial charge in [-0.1, -0.05) is 23.7 Å². The summed E-state index contributed by atoms with van der Waals surface area (Å²) in [5.74, 6) is -1.01. The fraction of sp³-hybridized carbons (Fsp3) is 0.381. The van der Waals surface area contributed by atoms with Gasteiger partial charge in [0.15, 0.2) is 6.10 Å². The summed E-state index contributed by atoms with van der Waals surface area (Å²) in [6.45, 7) is 7.49. The molecule has 1 unspecified atom stereocenters. The molecule has 27 heavy (non-hydrogen) atoms. The Kier molecular flexibility index (Phi) is 6.84. The van der Waals surface area contributed by atoms with Crippen molar-refractivity contribution in [3.63, 3.8) is 0 Å². The Bertz CT molecular complexity index is 829. The Morgan fingerprint density at radius 2 is 1.85 bits per heavy atom. The first kappa shape index (κ1) is 21.6. The van der Waals surface area contributed by atoms with Crippen molar-refractivity contribution in [3.8, 4) is 11.1 Å². The number of carboxylic acids is 1. The Morgan fingerprint density at radius 3 is 2.30 bits per heavy atom. The van der Waals surface area contributed by atoms with E-state index in [0.29, 0.717) is 10.6 Å². The number of benzene rings is 2. The number of carbonyl (C=O) groups is 1. The van der Waals surface area contributed by atoms with Crippen molar-refractivity contribution in [3.05, 3.63) is 46.5 Å². The average molecular weight is 408 g/mol. The smallest absolute Gasteiger partial charge is 0.337 e. The van der Waals surface area contributed by atoms with Gasteiger partial charge in [-0.3, -0.25) is 0 Å². The number of aryl methyl sites for hydroxylation is 1. The fourth-order valence-corrected chi connectivity index (χ4v) is 3.98. The summed E-state index contributed by atoms with van der Waals surface area (Å²) < 4.78 is 5.97. The number of anilines is 1. The van der Waals surface area contributed by atoms with Crippen LogP contribution in [0.2, 0.25) is 5.02 Å². The van der Waals surface area contributed by atoms with Gasteiger partial charge in [0.25, 0.3) is 0 Å². The third-order valence-electron chi connectivity index (χ3n) is 4.09. The highest BCUT2D eigenvalue weighted by Gasteiger charge is 2.32. The molecule has 0 saturated carbocycles. The van der Waals surface area contributed by atoms with Crippen molar-refractivity contribution in [2.75, 3.05) is 18.6 Å². The lowest BCUT2D eigenvalue weighted by atomic mass is 9.91. The number of halogens is 1. The Balaban J connectivity index is 2.86. The van der Waals surface area contributed by atoms with Crippen LogP contribution in [0.5, 0.6) is 0 Å². The summed E-state index contributed by atoms with van der Waals surface area (Å²) in [6.07, 6.45) is 0.905. The molecule has 0 amide bonds. The second-order valence-electron chi connectivity index (χ2n) is 7.27. The van der Waals surface area contributed by atoms with Crippen LogP contribution in [0.3, 0.4) is 0 Å². The lowest BCUT2D eigenvalue weighted by Gasteiger charge is -2.29. The number of thioether (sulfide) groups is 1. The Morgan fingerprint density at radius 1 is 1.26 bits per heavy atom. The zero-order valence-electron chi connectivity index (χ0n) is 16.5.